The van der Waals surface area contributed by atoms with Crippen LogP contribution in [0.4, 0.5) is 26.3 Å². The van der Waals surface area contributed by atoms with E-state index in [1.165, 1.54) is 0 Å². The van der Waals surface area contributed by atoms with Gasteiger partial charge < -0.3 is 10.2 Å². The van der Waals surface area contributed by atoms with Crippen LogP contribution in [0.25, 0.3) is 0 Å². The molecule has 0 bridgehead atoms. The van der Waals surface area contributed by atoms with Crippen molar-refractivity contribution in [2.75, 3.05) is 5.75 Å². The summed E-state index contributed by atoms with van der Waals surface area (Å²) in [7, 11) is 0. The lowest BCUT2D eigenvalue weighted by Crippen LogP contribution is -2.21. The number of hydrogen-bond donors (Lipinski definition) is 3. The highest BCUT2D eigenvalue weighted by molar-refractivity contribution is 7.80. The minimum Gasteiger partial charge on any atom is -0.389 e. The number of alkyl halides is 6. The maximum absolute atomic E-state index is 12.6. The molecule has 0 aliphatic carbocycles. The second-order valence-corrected chi connectivity index (χ2v) is 4.40. The molecule has 2 N–H and O–H groups in total. The van der Waals surface area contributed by atoms with E-state index in [0.717, 1.165) is 0 Å². The van der Waals surface area contributed by atoms with Gasteiger partial charge in [0.05, 0.1) is 17.2 Å². The summed E-state index contributed by atoms with van der Waals surface area (Å²) in [6.45, 7) is 0. The maximum atomic E-state index is 12.6. The Bertz CT molecular complexity index is 439. The van der Waals surface area contributed by atoms with Crippen molar-refractivity contribution < 1.29 is 36.6 Å². The Hall–Kier alpha value is -0.930. The summed E-state index contributed by atoms with van der Waals surface area (Å²) in [5, 5.41) is 18.8. The quantitative estimate of drug-likeness (QED) is 0.592. The number of benzene rings is 1. The molecule has 2 atom stereocenters. The fourth-order valence-corrected chi connectivity index (χ4v) is 1.67. The average Bonchev–Trinajstić information content (AvgIpc) is 2.34. The van der Waals surface area contributed by atoms with Gasteiger partial charge in [0.1, 0.15) is 6.10 Å². The van der Waals surface area contributed by atoms with E-state index in [2.05, 4.69) is 12.6 Å². The molecule has 1 rings (SSSR count). The summed E-state index contributed by atoms with van der Waals surface area (Å²) in [4.78, 5) is 0. The highest BCUT2D eigenvalue weighted by atomic mass is 32.1. The molecular formula is C11H10F6O2S. The fraction of sp³-hybridized carbons (Fsp3) is 0.455. The lowest BCUT2D eigenvalue weighted by atomic mass is 9.99. The fourth-order valence-electron chi connectivity index (χ4n) is 1.47. The van der Waals surface area contributed by atoms with Crippen LogP contribution in [0.3, 0.4) is 0 Å². The Morgan fingerprint density at radius 2 is 1.30 bits per heavy atom. The number of halogens is 6. The Balaban J connectivity index is 3.38. The van der Waals surface area contributed by atoms with Crippen molar-refractivity contribution in [1.29, 1.82) is 0 Å². The monoisotopic (exact) mass is 320 g/mol. The van der Waals surface area contributed by atoms with Crippen LogP contribution < -0.4 is 0 Å². The molecule has 0 heterocycles. The van der Waals surface area contributed by atoms with E-state index >= 15 is 0 Å². The first kappa shape index (κ1) is 17.1. The SMILES string of the molecule is OC(CS)C(O)c1cc(C(F)(F)F)cc(C(F)(F)F)c1. The first-order valence-electron chi connectivity index (χ1n) is 5.23. The third-order valence-corrected chi connectivity index (χ3v) is 2.88. The van der Waals surface area contributed by atoms with Crippen LogP contribution in [0.5, 0.6) is 0 Å². The van der Waals surface area contributed by atoms with Gasteiger partial charge in [-0.25, -0.2) is 0 Å². The second-order valence-electron chi connectivity index (χ2n) is 4.03. The Morgan fingerprint density at radius 3 is 1.60 bits per heavy atom. The van der Waals surface area contributed by atoms with Crippen LogP contribution in [0, 0.1) is 0 Å². The van der Waals surface area contributed by atoms with E-state index in [1.807, 2.05) is 0 Å². The van der Waals surface area contributed by atoms with Gasteiger partial charge in [0, 0.05) is 5.75 Å². The molecule has 0 aliphatic heterocycles. The molecule has 0 spiro atoms. The van der Waals surface area contributed by atoms with Crippen molar-refractivity contribution in [2.24, 2.45) is 0 Å². The van der Waals surface area contributed by atoms with Gasteiger partial charge in [0.2, 0.25) is 0 Å². The minimum atomic E-state index is -5.00. The van der Waals surface area contributed by atoms with Crippen molar-refractivity contribution in [3.8, 4) is 0 Å². The van der Waals surface area contributed by atoms with Crippen molar-refractivity contribution in [1.82, 2.24) is 0 Å². The van der Waals surface area contributed by atoms with Gasteiger partial charge in [0.25, 0.3) is 0 Å². The summed E-state index contributed by atoms with van der Waals surface area (Å²) in [6.07, 6.45) is -13.5. The van der Waals surface area contributed by atoms with Crippen molar-refractivity contribution in [2.45, 2.75) is 24.6 Å². The van der Waals surface area contributed by atoms with E-state index in [-0.39, 0.29) is 11.8 Å². The van der Waals surface area contributed by atoms with E-state index in [4.69, 9.17) is 0 Å². The highest BCUT2D eigenvalue weighted by Gasteiger charge is 2.37. The molecule has 1 aromatic rings. The molecule has 0 radical (unpaired) electrons. The zero-order valence-corrected chi connectivity index (χ0v) is 10.6. The summed E-state index contributed by atoms with van der Waals surface area (Å²) >= 11 is 3.62. The van der Waals surface area contributed by atoms with E-state index < -0.39 is 41.3 Å². The van der Waals surface area contributed by atoms with Crippen LogP contribution in [-0.4, -0.2) is 22.1 Å². The Kier molecular flexibility index (Phi) is 4.99. The van der Waals surface area contributed by atoms with Gasteiger partial charge in [-0.2, -0.15) is 39.0 Å². The zero-order valence-electron chi connectivity index (χ0n) is 9.70. The molecule has 114 valence electrons. The summed E-state index contributed by atoms with van der Waals surface area (Å²) in [5.74, 6) is -0.321. The largest absolute Gasteiger partial charge is 0.416 e. The van der Waals surface area contributed by atoms with E-state index in [1.54, 1.807) is 0 Å². The normalized spacial score (nSPS) is 16.1. The Labute approximate surface area is 115 Å². The minimum absolute atomic E-state index is 0.0523. The number of thiol groups is 1. The van der Waals surface area contributed by atoms with Crippen molar-refractivity contribution in [3.05, 3.63) is 34.9 Å². The standard InChI is InChI=1S/C11H10F6O2S/c12-10(13,14)6-1-5(9(19)8(18)4-20)2-7(3-6)11(15,16)17/h1-3,8-9,18-20H,4H2. The van der Waals surface area contributed by atoms with Crippen LogP contribution in [0.15, 0.2) is 18.2 Å². The Morgan fingerprint density at radius 1 is 0.900 bits per heavy atom. The third kappa shape index (κ3) is 4.03. The predicted molar refractivity (Wildman–Crippen MR) is 61.3 cm³/mol. The highest BCUT2D eigenvalue weighted by Crippen LogP contribution is 2.37. The van der Waals surface area contributed by atoms with E-state index in [0.29, 0.717) is 12.1 Å². The molecule has 0 saturated heterocycles. The van der Waals surface area contributed by atoms with Gasteiger partial charge in [0.15, 0.2) is 0 Å². The molecule has 1 aromatic carbocycles. The van der Waals surface area contributed by atoms with Gasteiger partial charge >= 0.3 is 12.4 Å². The van der Waals surface area contributed by atoms with Gasteiger partial charge in [-0.05, 0) is 23.8 Å². The zero-order chi connectivity index (χ0) is 15.7. The second kappa shape index (κ2) is 5.82. The molecule has 0 saturated carbocycles. The number of hydrogen-bond acceptors (Lipinski definition) is 3. The molecule has 9 heteroatoms. The molecular weight excluding hydrogens is 310 g/mol. The summed E-state index contributed by atoms with van der Waals surface area (Å²) in [5.41, 5.74) is -3.77. The topological polar surface area (TPSA) is 40.5 Å². The van der Waals surface area contributed by atoms with E-state index in [9.17, 15) is 36.6 Å². The number of aliphatic hydroxyl groups is 2. The van der Waals surface area contributed by atoms with Crippen LogP contribution in [-0.2, 0) is 12.4 Å². The van der Waals surface area contributed by atoms with Crippen LogP contribution in [0.2, 0.25) is 0 Å². The lowest BCUT2D eigenvalue weighted by Gasteiger charge is -2.20. The smallest absolute Gasteiger partial charge is 0.389 e. The summed E-state index contributed by atoms with van der Waals surface area (Å²) < 4.78 is 75.3. The van der Waals surface area contributed by atoms with Crippen LogP contribution in [0.1, 0.15) is 22.8 Å². The molecule has 0 aromatic heterocycles. The van der Waals surface area contributed by atoms with Crippen molar-refractivity contribution in [3.63, 3.8) is 0 Å². The van der Waals surface area contributed by atoms with Gasteiger partial charge in [-0.15, -0.1) is 0 Å². The predicted octanol–water partition coefficient (Wildman–Crippen LogP) is 3.05. The number of aliphatic hydroxyl groups excluding tert-OH is 2. The molecule has 20 heavy (non-hydrogen) atoms. The van der Waals surface area contributed by atoms with Crippen LogP contribution >= 0.6 is 12.6 Å². The molecule has 2 unspecified atom stereocenters. The van der Waals surface area contributed by atoms with Gasteiger partial charge in [-0.1, -0.05) is 0 Å². The molecule has 0 fully saturated rings. The number of rotatable bonds is 3. The third-order valence-electron chi connectivity index (χ3n) is 2.50. The average molecular weight is 320 g/mol. The molecule has 0 amide bonds. The molecule has 2 nitrogen and oxygen atoms in total. The maximum Gasteiger partial charge on any atom is 0.416 e. The first-order valence-corrected chi connectivity index (χ1v) is 5.86. The first-order chi connectivity index (χ1) is 8.96. The van der Waals surface area contributed by atoms with Crippen molar-refractivity contribution >= 4 is 12.6 Å². The summed E-state index contributed by atoms with van der Waals surface area (Å²) in [6, 6.07) is 0.683. The lowest BCUT2D eigenvalue weighted by molar-refractivity contribution is -0.143. The van der Waals surface area contributed by atoms with Gasteiger partial charge in [-0.3, -0.25) is 0 Å². The molecule has 0 aliphatic rings.